The number of rotatable bonds is 4. The van der Waals surface area contributed by atoms with Crippen molar-refractivity contribution in [2.45, 2.75) is 39.5 Å². The first-order valence-electron chi connectivity index (χ1n) is 9.76. The summed E-state index contributed by atoms with van der Waals surface area (Å²) >= 11 is 0. The van der Waals surface area contributed by atoms with E-state index >= 15 is 0 Å². The number of nitrogen functional groups attached to an aromatic ring is 1. The van der Waals surface area contributed by atoms with Crippen LogP contribution < -0.4 is 5.73 Å². The molecule has 0 spiro atoms. The van der Waals surface area contributed by atoms with Crippen molar-refractivity contribution >= 4 is 16.9 Å². The maximum Gasteiger partial charge on any atom is 0.199 e. The highest BCUT2D eigenvalue weighted by Crippen LogP contribution is 2.31. The monoisotopic (exact) mass is 418 g/mol. The van der Waals surface area contributed by atoms with Gasteiger partial charge in [-0.05, 0) is 48.6 Å². The van der Waals surface area contributed by atoms with Crippen LogP contribution in [-0.2, 0) is 13.2 Å². The lowest BCUT2D eigenvalue weighted by atomic mass is 10.0. The van der Waals surface area contributed by atoms with Crippen molar-refractivity contribution in [1.29, 1.82) is 0 Å². The van der Waals surface area contributed by atoms with E-state index in [4.69, 9.17) is 15.3 Å². The van der Waals surface area contributed by atoms with E-state index in [0.717, 1.165) is 16.6 Å². The van der Waals surface area contributed by atoms with E-state index in [9.17, 15) is 10.2 Å². The molecule has 0 atom stereocenters. The van der Waals surface area contributed by atoms with Crippen LogP contribution in [0.4, 0.5) is 5.82 Å². The van der Waals surface area contributed by atoms with Gasteiger partial charge in [-0.25, -0.2) is 14.6 Å². The third-order valence-corrected chi connectivity index (χ3v) is 4.73. The molecule has 9 heteroatoms. The summed E-state index contributed by atoms with van der Waals surface area (Å²) in [6, 6.07) is 9.36. The number of aryl methyl sites for hydroxylation is 1. The lowest BCUT2D eigenvalue weighted by Crippen LogP contribution is -2.14. The highest BCUT2D eigenvalue weighted by Gasteiger charge is 2.22. The van der Waals surface area contributed by atoms with Crippen LogP contribution in [0.25, 0.3) is 33.8 Å². The molecule has 4 N–H and O–H groups in total. The molecule has 0 unspecified atom stereocenters. The summed E-state index contributed by atoms with van der Waals surface area (Å²) in [5.74, 6) is 6.38. The van der Waals surface area contributed by atoms with Gasteiger partial charge in [0.15, 0.2) is 17.3 Å². The van der Waals surface area contributed by atoms with E-state index in [2.05, 4.69) is 27.1 Å². The number of benzene rings is 1. The number of aliphatic hydroxyl groups excluding tert-OH is 1. The van der Waals surface area contributed by atoms with Crippen LogP contribution in [0.5, 0.6) is 0 Å². The van der Waals surface area contributed by atoms with Crippen molar-refractivity contribution < 1.29 is 14.8 Å². The fraction of sp³-hybridized carbons (Fsp3) is 0.273. The van der Waals surface area contributed by atoms with Crippen LogP contribution in [0.15, 0.2) is 35.0 Å². The molecule has 0 aliphatic carbocycles. The molecular weight excluding hydrogens is 396 g/mol. The van der Waals surface area contributed by atoms with Crippen LogP contribution in [0, 0.1) is 11.8 Å². The Bertz CT molecular complexity index is 1320. The first-order valence-corrected chi connectivity index (χ1v) is 9.76. The van der Waals surface area contributed by atoms with E-state index in [0.29, 0.717) is 35.0 Å². The molecule has 3 aromatic heterocycles. The fourth-order valence-corrected chi connectivity index (χ4v) is 3.32. The normalized spacial score (nSPS) is 11.5. The summed E-state index contributed by atoms with van der Waals surface area (Å²) in [5.41, 5.74) is 8.88. The largest absolute Gasteiger partial charge is 0.392 e. The summed E-state index contributed by atoms with van der Waals surface area (Å²) in [6.07, 6.45) is 0. The Labute approximate surface area is 178 Å². The fourth-order valence-electron chi connectivity index (χ4n) is 3.32. The first kappa shape index (κ1) is 20.5. The van der Waals surface area contributed by atoms with Gasteiger partial charge in [0.25, 0.3) is 0 Å². The van der Waals surface area contributed by atoms with Gasteiger partial charge >= 0.3 is 0 Å². The first-order chi connectivity index (χ1) is 14.8. The van der Waals surface area contributed by atoms with Gasteiger partial charge in [-0.1, -0.05) is 30.2 Å². The lowest BCUT2D eigenvalue weighted by molar-refractivity contribution is 0.143. The molecule has 4 aromatic rings. The topological polar surface area (TPSA) is 136 Å². The summed E-state index contributed by atoms with van der Waals surface area (Å²) < 4.78 is 6.68. The SMILES string of the molecule is CCn1c(-c2nonc2N)nc2c(C#CC(C)(C)O)nc(-c3ccccc3CO)cc21. The standard InChI is InChI=1S/C22H22N6O3/c1-4-28-17-11-16(14-8-6-5-7-13(14)12-29)24-15(9-10-22(2,3)30)18(17)25-21(28)19-20(23)27-31-26-19/h5-8,11,29-30H,4,12H2,1-3H3,(H2,23,27). The minimum atomic E-state index is -1.20. The van der Waals surface area contributed by atoms with Gasteiger partial charge in [0.1, 0.15) is 16.8 Å². The van der Waals surface area contributed by atoms with Crippen LogP contribution in [0.1, 0.15) is 32.0 Å². The Morgan fingerprint density at radius 3 is 2.61 bits per heavy atom. The average Bonchev–Trinajstić information content (AvgIpc) is 3.33. The maximum atomic E-state index is 10.1. The molecule has 9 nitrogen and oxygen atoms in total. The molecule has 31 heavy (non-hydrogen) atoms. The number of pyridine rings is 1. The van der Waals surface area contributed by atoms with Gasteiger partial charge in [-0.3, -0.25) is 0 Å². The molecule has 1 aromatic carbocycles. The molecule has 158 valence electrons. The van der Waals surface area contributed by atoms with Crippen molar-refractivity contribution in [3.05, 3.63) is 41.6 Å². The number of nitrogens with zero attached hydrogens (tertiary/aromatic N) is 5. The lowest BCUT2D eigenvalue weighted by Gasteiger charge is -2.10. The second-order valence-corrected chi connectivity index (χ2v) is 7.53. The molecule has 3 heterocycles. The summed E-state index contributed by atoms with van der Waals surface area (Å²) in [5, 5.41) is 27.4. The second-order valence-electron chi connectivity index (χ2n) is 7.53. The summed E-state index contributed by atoms with van der Waals surface area (Å²) in [7, 11) is 0. The molecule has 4 rings (SSSR count). The third-order valence-electron chi connectivity index (χ3n) is 4.73. The molecule has 0 amide bonds. The van der Waals surface area contributed by atoms with Crippen LogP contribution >= 0.6 is 0 Å². The summed E-state index contributed by atoms with van der Waals surface area (Å²) in [4.78, 5) is 9.40. The van der Waals surface area contributed by atoms with Crippen molar-refractivity contribution in [3.63, 3.8) is 0 Å². The minimum absolute atomic E-state index is 0.125. The van der Waals surface area contributed by atoms with E-state index in [1.807, 2.05) is 41.8 Å². The number of hydrogen-bond acceptors (Lipinski definition) is 8. The van der Waals surface area contributed by atoms with E-state index in [1.54, 1.807) is 13.8 Å². The Morgan fingerprint density at radius 1 is 1.19 bits per heavy atom. The zero-order chi connectivity index (χ0) is 22.2. The summed E-state index contributed by atoms with van der Waals surface area (Å²) in [6.45, 7) is 5.61. The Hall–Kier alpha value is -3.74. The predicted octanol–water partition coefficient (Wildman–Crippen LogP) is 2.37. The molecule has 0 radical (unpaired) electrons. The van der Waals surface area contributed by atoms with Crippen LogP contribution in [-0.4, -0.2) is 40.7 Å². The van der Waals surface area contributed by atoms with Crippen LogP contribution in [0.2, 0.25) is 0 Å². The highest BCUT2D eigenvalue weighted by atomic mass is 16.6. The third kappa shape index (κ3) is 3.86. The second kappa shape index (κ2) is 7.83. The zero-order valence-corrected chi connectivity index (χ0v) is 17.4. The Balaban J connectivity index is 2.06. The molecular formula is C22H22N6O3. The van der Waals surface area contributed by atoms with Gasteiger partial charge in [-0.15, -0.1) is 0 Å². The molecule has 0 bridgehead atoms. The minimum Gasteiger partial charge on any atom is -0.392 e. The molecule has 0 aliphatic heterocycles. The zero-order valence-electron chi connectivity index (χ0n) is 17.4. The number of imidazole rings is 1. The molecule has 0 aliphatic rings. The quantitative estimate of drug-likeness (QED) is 0.430. The average molecular weight is 418 g/mol. The van der Waals surface area contributed by atoms with Gasteiger partial charge in [-0.2, -0.15) is 0 Å². The van der Waals surface area contributed by atoms with Gasteiger partial charge in [0.05, 0.1) is 17.8 Å². The predicted molar refractivity (Wildman–Crippen MR) is 115 cm³/mol. The number of hydrogen-bond donors (Lipinski definition) is 3. The van der Waals surface area contributed by atoms with Crippen LogP contribution in [0.3, 0.4) is 0 Å². The number of aliphatic hydroxyl groups is 2. The smallest absolute Gasteiger partial charge is 0.199 e. The van der Waals surface area contributed by atoms with Gasteiger partial charge < -0.3 is 20.5 Å². The number of aromatic nitrogens is 5. The van der Waals surface area contributed by atoms with E-state index in [1.165, 1.54) is 0 Å². The maximum absolute atomic E-state index is 10.1. The van der Waals surface area contributed by atoms with Crippen molar-refractivity contribution in [1.82, 2.24) is 24.8 Å². The Morgan fingerprint density at radius 2 is 1.97 bits per heavy atom. The van der Waals surface area contributed by atoms with Crippen molar-refractivity contribution in [2.75, 3.05) is 5.73 Å². The number of fused-ring (bicyclic) bond motifs is 1. The highest BCUT2D eigenvalue weighted by molar-refractivity contribution is 5.88. The number of nitrogens with two attached hydrogens (primary N) is 1. The van der Waals surface area contributed by atoms with Gasteiger partial charge in [0.2, 0.25) is 0 Å². The van der Waals surface area contributed by atoms with E-state index in [-0.39, 0.29) is 12.4 Å². The number of anilines is 1. The van der Waals surface area contributed by atoms with E-state index < -0.39 is 5.60 Å². The van der Waals surface area contributed by atoms with Crippen molar-refractivity contribution in [3.8, 4) is 34.6 Å². The van der Waals surface area contributed by atoms with Gasteiger partial charge in [0, 0.05) is 12.1 Å². The van der Waals surface area contributed by atoms with Crippen molar-refractivity contribution in [2.24, 2.45) is 0 Å². The molecule has 0 saturated heterocycles. The molecule has 0 saturated carbocycles. The molecule has 0 fully saturated rings. The Kier molecular flexibility index (Phi) is 5.19.